The minimum atomic E-state index is -0.361. The topological polar surface area (TPSA) is 218 Å². The van der Waals surface area contributed by atoms with Crippen molar-refractivity contribution in [2.45, 2.75) is 241 Å². The molecule has 12 nitrogen and oxygen atoms in total. The van der Waals surface area contributed by atoms with Crippen molar-refractivity contribution < 1.29 is 33.3 Å². The summed E-state index contributed by atoms with van der Waals surface area (Å²) in [6.45, 7) is 22.9. The largest absolute Gasteiger partial charge is 0.493 e. The monoisotopic (exact) mass is 1220 g/mol. The van der Waals surface area contributed by atoms with Crippen LogP contribution in [0.25, 0.3) is 0 Å². The lowest BCUT2D eigenvalue weighted by Crippen LogP contribution is -2.59. The fraction of sp³-hybridized carbons (Fsp3) is 0.649. The third-order valence-electron chi connectivity index (χ3n) is 22.1. The summed E-state index contributed by atoms with van der Waals surface area (Å²) in [6, 6.07) is 23.6. The number of rotatable bonds is 25. The van der Waals surface area contributed by atoms with E-state index in [1.165, 1.54) is 140 Å². The number of anilines is 5. The third kappa shape index (κ3) is 19.6. The van der Waals surface area contributed by atoms with Gasteiger partial charge in [0.1, 0.15) is 11.9 Å². The SMILES string of the molecule is CC(C)CCCCC(C)C1CCC2[C@]3(C)CCC4CC(OC(=O)c5cc(N)cc(N)c5)CC[C@]4(C)C3CC[C@]12C.CCCCCC1CCC(c2ccc(OCCCOC(=O)c3cc(C)cc(N)c3)cc2)CC1.CCCCCCOC(=O)c1cc(N)cc(N)c1. The molecule has 0 radical (unpaired) electrons. The number of carbonyl (C=O) groups is 3. The molecule has 89 heavy (non-hydrogen) atoms. The maximum atomic E-state index is 13.0. The summed E-state index contributed by atoms with van der Waals surface area (Å²) in [5, 5.41) is 0. The van der Waals surface area contributed by atoms with E-state index in [1.54, 1.807) is 48.5 Å². The molecule has 10 N–H and O–H groups in total. The number of esters is 3. The molecule has 4 aromatic carbocycles. The molecule has 0 aromatic heterocycles. The van der Waals surface area contributed by atoms with Crippen LogP contribution < -0.4 is 33.4 Å². The van der Waals surface area contributed by atoms with Crippen LogP contribution in [0.5, 0.6) is 5.75 Å². The Balaban J connectivity index is 0.000000206. The Morgan fingerprint density at radius 3 is 1.66 bits per heavy atom. The number of unbranched alkanes of at least 4 members (excludes halogenated alkanes) is 6. The number of benzene rings is 4. The molecule has 5 saturated carbocycles. The molecule has 0 spiro atoms. The van der Waals surface area contributed by atoms with Crippen LogP contribution in [0.2, 0.25) is 0 Å². The summed E-state index contributed by atoms with van der Waals surface area (Å²) in [4.78, 5) is 36.7. The second kappa shape index (κ2) is 33.4. The molecule has 0 bridgehead atoms. The number of hydrogen-bond donors (Lipinski definition) is 5. The molecular weight excluding hydrogens is 1110 g/mol. The number of nitrogens with two attached hydrogens (primary N) is 5. The summed E-state index contributed by atoms with van der Waals surface area (Å²) in [5.41, 5.74) is 36.5. The van der Waals surface area contributed by atoms with Gasteiger partial charge in [-0.2, -0.15) is 0 Å². The van der Waals surface area contributed by atoms with Gasteiger partial charge in [-0.25, -0.2) is 14.4 Å². The fourth-order valence-electron chi connectivity index (χ4n) is 17.5. The Hall–Kier alpha value is -5.91. The summed E-state index contributed by atoms with van der Waals surface area (Å²) in [5.74, 6) is 6.42. The van der Waals surface area contributed by atoms with Crippen molar-refractivity contribution in [1.82, 2.24) is 0 Å². The van der Waals surface area contributed by atoms with Gasteiger partial charge in [-0.3, -0.25) is 0 Å². The van der Waals surface area contributed by atoms with Gasteiger partial charge >= 0.3 is 17.9 Å². The molecule has 492 valence electrons. The quantitative estimate of drug-likeness (QED) is 0.0181. The molecular formula is C77H117N5O7. The number of ether oxygens (including phenoxy) is 4. The molecule has 5 aliphatic rings. The summed E-state index contributed by atoms with van der Waals surface area (Å²) < 4.78 is 22.4. The molecule has 5 fully saturated rings. The molecule has 0 heterocycles. The zero-order valence-electron chi connectivity index (χ0n) is 56.5. The lowest BCUT2D eigenvalue weighted by atomic mass is 9.39. The molecule has 0 amide bonds. The van der Waals surface area contributed by atoms with Crippen molar-refractivity contribution in [3.8, 4) is 5.75 Å². The predicted molar refractivity (Wildman–Crippen MR) is 368 cm³/mol. The van der Waals surface area contributed by atoms with E-state index in [1.807, 2.05) is 13.0 Å². The number of aryl methyl sites for hydroxylation is 1. The highest BCUT2D eigenvalue weighted by Gasteiger charge is 2.65. The molecule has 12 heteroatoms. The summed E-state index contributed by atoms with van der Waals surface area (Å²) in [6.07, 6.45) is 32.9. The lowest BCUT2D eigenvalue weighted by molar-refractivity contribution is -0.176. The van der Waals surface area contributed by atoms with Crippen LogP contribution in [-0.2, 0) is 14.2 Å². The second-order valence-electron chi connectivity index (χ2n) is 29.3. The van der Waals surface area contributed by atoms with Gasteiger partial charge in [-0.15, -0.1) is 0 Å². The summed E-state index contributed by atoms with van der Waals surface area (Å²) >= 11 is 0. The van der Waals surface area contributed by atoms with Crippen LogP contribution >= 0.6 is 0 Å². The van der Waals surface area contributed by atoms with Crippen LogP contribution in [0, 0.1) is 64.6 Å². The van der Waals surface area contributed by atoms with Gasteiger partial charge < -0.3 is 47.6 Å². The molecule has 9 rings (SSSR count). The van der Waals surface area contributed by atoms with Crippen molar-refractivity contribution in [2.24, 2.45) is 57.7 Å². The Morgan fingerprint density at radius 2 is 1.06 bits per heavy atom. The van der Waals surface area contributed by atoms with E-state index in [2.05, 4.69) is 79.7 Å². The van der Waals surface area contributed by atoms with E-state index in [-0.39, 0.29) is 24.0 Å². The van der Waals surface area contributed by atoms with Crippen LogP contribution in [0.15, 0.2) is 78.9 Å². The van der Waals surface area contributed by atoms with Crippen LogP contribution in [-0.4, -0.2) is 43.8 Å². The van der Waals surface area contributed by atoms with E-state index in [4.69, 9.17) is 47.6 Å². The normalized spacial score (nSPS) is 26.4. The zero-order valence-corrected chi connectivity index (χ0v) is 56.5. The maximum Gasteiger partial charge on any atom is 0.338 e. The molecule has 6 unspecified atom stereocenters. The minimum Gasteiger partial charge on any atom is -0.493 e. The number of nitrogen functional groups attached to an aromatic ring is 5. The van der Waals surface area contributed by atoms with Gasteiger partial charge in [0.2, 0.25) is 0 Å². The second-order valence-corrected chi connectivity index (χ2v) is 29.3. The van der Waals surface area contributed by atoms with Crippen molar-refractivity contribution >= 4 is 46.3 Å². The van der Waals surface area contributed by atoms with Crippen molar-refractivity contribution in [2.75, 3.05) is 48.5 Å². The standard InChI is InChI=1S/C36H58N2O2.C28H39NO3.C13H20N2O2/c1-23(2)9-7-8-10-24(3)30-11-12-31-35(30,5)18-15-32-34(4)17-14-29(21-26(34)13-16-36(31,32)6)40-33(39)25-19-27(37)22-28(38)20-25;1-3-4-5-7-22-8-10-23(11-9-22)24-12-14-27(15-13-24)31-16-6-17-32-28(30)25-18-21(2)19-26(29)20-25;1-2-3-4-5-6-17-13(16)10-7-11(14)9-12(15)8-10/h19-20,22-24,26,29-32H,7-18,21,37-38H2,1-6H3;12-15,18-20,22-23H,3-11,16-17,29H2,1-2H3;7-9H,2-6,14-15H2,1H3/t24?,26?,29?,30?,31?,32?,34-,35+,36-;;/m0../s1. The maximum absolute atomic E-state index is 13.0. The van der Waals surface area contributed by atoms with Crippen LogP contribution in [0.4, 0.5) is 28.4 Å². The van der Waals surface area contributed by atoms with Gasteiger partial charge in [0.25, 0.3) is 0 Å². The smallest absolute Gasteiger partial charge is 0.338 e. The zero-order chi connectivity index (χ0) is 64.3. The van der Waals surface area contributed by atoms with Crippen LogP contribution in [0.3, 0.4) is 0 Å². The average molecular weight is 1220 g/mol. The Labute approximate surface area is 537 Å². The molecule has 5 aliphatic carbocycles. The van der Waals surface area contributed by atoms with Crippen molar-refractivity contribution in [3.05, 3.63) is 107 Å². The summed E-state index contributed by atoms with van der Waals surface area (Å²) in [7, 11) is 0. The first-order valence-electron chi connectivity index (χ1n) is 35.0. The van der Waals surface area contributed by atoms with Crippen molar-refractivity contribution in [3.63, 3.8) is 0 Å². The molecule has 4 aromatic rings. The fourth-order valence-corrected chi connectivity index (χ4v) is 17.5. The predicted octanol–water partition coefficient (Wildman–Crippen LogP) is 18.9. The first kappa shape index (κ1) is 70.5. The Morgan fingerprint density at radius 1 is 0.517 bits per heavy atom. The van der Waals surface area contributed by atoms with Gasteiger partial charge in [-0.05, 0) is 238 Å². The van der Waals surface area contributed by atoms with E-state index in [0.29, 0.717) is 99.4 Å². The molecule has 0 aliphatic heterocycles. The Bertz CT molecular complexity index is 2810. The van der Waals surface area contributed by atoms with Gasteiger partial charge in [0.05, 0.1) is 36.5 Å². The Kier molecular flexibility index (Phi) is 26.5. The first-order valence-corrected chi connectivity index (χ1v) is 35.0. The van der Waals surface area contributed by atoms with Crippen molar-refractivity contribution in [1.29, 1.82) is 0 Å². The van der Waals surface area contributed by atoms with E-state index < -0.39 is 0 Å². The number of fused-ring (bicyclic) bond motifs is 5. The third-order valence-corrected chi connectivity index (χ3v) is 22.1. The average Bonchev–Trinajstić information content (AvgIpc) is 1.69. The van der Waals surface area contributed by atoms with Crippen LogP contribution in [0.1, 0.15) is 270 Å². The highest BCUT2D eigenvalue weighted by Crippen LogP contribution is 2.73. The molecule has 0 saturated heterocycles. The van der Waals surface area contributed by atoms with E-state index in [0.717, 1.165) is 72.5 Å². The van der Waals surface area contributed by atoms with E-state index >= 15 is 0 Å². The van der Waals surface area contributed by atoms with Gasteiger partial charge in [-0.1, -0.05) is 138 Å². The first-order chi connectivity index (χ1) is 42.5. The van der Waals surface area contributed by atoms with Gasteiger partial charge in [0, 0.05) is 34.9 Å². The lowest BCUT2D eigenvalue weighted by Gasteiger charge is -2.66. The number of hydrogen-bond acceptors (Lipinski definition) is 12. The molecule has 9 atom stereocenters. The number of carbonyl (C=O) groups excluding carboxylic acids is 3. The van der Waals surface area contributed by atoms with Gasteiger partial charge in [0.15, 0.2) is 0 Å². The van der Waals surface area contributed by atoms with E-state index in [9.17, 15) is 14.4 Å². The minimum absolute atomic E-state index is 0.00107. The highest BCUT2D eigenvalue weighted by molar-refractivity contribution is 5.92. The highest BCUT2D eigenvalue weighted by atomic mass is 16.5.